The van der Waals surface area contributed by atoms with Crippen LogP contribution in [0, 0.1) is 0 Å². The second-order valence-electron chi connectivity index (χ2n) is 10.1. The highest BCUT2D eigenvalue weighted by Crippen LogP contribution is 2.50. The fourth-order valence-corrected chi connectivity index (χ4v) is 7.00. The van der Waals surface area contributed by atoms with Gasteiger partial charge in [0.25, 0.3) is 0 Å². The summed E-state index contributed by atoms with van der Waals surface area (Å²) >= 11 is 0. The lowest BCUT2D eigenvalue weighted by molar-refractivity contribution is 1.04. The van der Waals surface area contributed by atoms with Crippen molar-refractivity contribution in [3.8, 4) is 27.9 Å². The van der Waals surface area contributed by atoms with Gasteiger partial charge in [-0.1, -0.05) is 72.8 Å². The van der Waals surface area contributed by atoms with Crippen LogP contribution in [0.4, 0.5) is 0 Å². The molecule has 2 heterocycles. The van der Waals surface area contributed by atoms with E-state index in [1.807, 2.05) is 0 Å². The van der Waals surface area contributed by atoms with Gasteiger partial charge in [-0.2, -0.15) is 0 Å². The molecule has 1 nitrogen and oxygen atoms in total. The molecule has 0 saturated heterocycles. The first kappa shape index (κ1) is 17.4. The van der Waals surface area contributed by atoms with Crippen LogP contribution in [0.5, 0.6) is 0 Å². The van der Waals surface area contributed by atoms with Crippen molar-refractivity contribution in [1.82, 2.24) is 4.57 Å². The zero-order chi connectivity index (χ0) is 22.0. The van der Waals surface area contributed by atoms with E-state index in [-0.39, 0.29) is 0 Å². The third-order valence-corrected chi connectivity index (χ3v) is 8.40. The number of para-hydroxylation sites is 2. The van der Waals surface area contributed by atoms with Crippen LogP contribution < -0.4 is 0 Å². The molecule has 34 heavy (non-hydrogen) atoms. The van der Waals surface area contributed by atoms with Gasteiger partial charge in [0, 0.05) is 28.4 Å². The Morgan fingerprint density at radius 2 is 1.15 bits per heavy atom. The highest BCUT2D eigenvalue weighted by molar-refractivity contribution is 6.16. The zero-order valence-electron chi connectivity index (χ0n) is 18.7. The van der Waals surface area contributed by atoms with E-state index in [0.717, 1.165) is 19.3 Å². The van der Waals surface area contributed by atoms with Gasteiger partial charge in [0.2, 0.25) is 0 Å². The number of nitrogens with zero attached hydrogens (tertiary/aromatic N) is 1. The van der Waals surface area contributed by atoms with E-state index in [1.165, 1.54) is 83.1 Å². The van der Waals surface area contributed by atoms with E-state index in [9.17, 15) is 0 Å². The van der Waals surface area contributed by atoms with E-state index in [2.05, 4.69) is 95.6 Å². The summed E-state index contributed by atoms with van der Waals surface area (Å²) in [5, 5.41) is 2.76. The van der Waals surface area contributed by atoms with Gasteiger partial charge in [-0.05, 0) is 81.1 Å². The summed E-state index contributed by atoms with van der Waals surface area (Å²) in [6, 6.07) is 34.5. The van der Waals surface area contributed by atoms with Crippen molar-refractivity contribution >= 4 is 21.8 Å². The molecule has 0 amide bonds. The van der Waals surface area contributed by atoms with Crippen LogP contribution in [-0.4, -0.2) is 4.57 Å². The molecule has 0 radical (unpaired) electrons. The average molecular weight is 432 g/mol. The average Bonchev–Trinajstić information content (AvgIpc) is 3.53. The van der Waals surface area contributed by atoms with Crippen molar-refractivity contribution in [3.05, 3.63) is 124 Å². The smallest absolute Gasteiger partial charge is 0.0622 e. The predicted molar refractivity (Wildman–Crippen MR) is 140 cm³/mol. The molecule has 158 valence electrons. The van der Waals surface area contributed by atoms with E-state index in [0.29, 0.717) is 0 Å². The van der Waals surface area contributed by atoms with E-state index < -0.39 is 0 Å². The molecule has 0 N–H and O–H groups in total. The Morgan fingerprint density at radius 3 is 2.12 bits per heavy atom. The maximum atomic E-state index is 2.58. The number of rotatable bonds is 0. The molecular weight excluding hydrogens is 410 g/mol. The van der Waals surface area contributed by atoms with Gasteiger partial charge in [0.05, 0.1) is 11.0 Å². The first-order chi connectivity index (χ1) is 16.8. The Bertz CT molecular complexity index is 1880. The van der Waals surface area contributed by atoms with E-state index in [1.54, 1.807) is 0 Å². The summed E-state index contributed by atoms with van der Waals surface area (Å²) in [5.74, 6) is 0. The van der Waals surface area contributed by atoms with Crippen molar-refractivity contribution in [2.75, 3.05) is 0 Å². The van der Waals surface area contributed by atoms with Crippen LogP contribution in [0.1, 0.15) is 33.4 Å². The van der Waals surface area contributed by atoms with Crippen LogP contribution in [0.3, 0.4) is 0 Å². The van der Waals surface area contributed by atoms with Gasteiger partial charge in [-0.15, -0.1) is 0 Å². The molecule has 0 saturated carbocycles. The number of hydrogen-bond acceptors (Lipinski definition) is 0. The Hall–Kier alpha value is -4.10. The SMILES string of the molecule is c1ccc2c(c1)Cc1cc3c(cc1-2)Cc1ccc2c4cccc5c4n(c2c1-3)-c1ccccc1C5. The molecule has 0 atom stereocenters. The third-order valence-electron chi connectivity index (χ3n) is 8.40. The van der Waals surface area contributed by atoms with Crippen LogP contribution in [0.25, 0.3) is 49.7 Å². The largest absolute Gasteiger partial charge is 0.308 e. The Kier molecular flexibility index (Phi) is 3.00. The van der Waals surface area contributed by atoms with Gasteiger partial charge >= 0.3 is 0 Å². The summed E-state index contributed by atoms with van der Waals surface area (Å²) in [6.07, 6.45) is 3.07. The summed E-state index contributed by atoms with van der Waals surface area (Å²) in [4.78, 5) is 0. The van der Waals surface area contributed by atoms with Crippen molar-refractivity contribution < 1.29 is 0 Å². The minimum Gasteiger partial charge on any atom is -0.308 e. The molecule has 9 rings (SSSR count). The normalized spacial score (nSPS) is 14.1. The van der Waals surface area contributed by atoms with E-state index >= 15 is 0 Å². The molecule has 1 heteroatoms. The zero-order valence-corrected chi connectivity index (χ0v) is 18.7. The molecule has 0 bridgehead atoms. The number of hydrogen-bond donors (Lipinski definition) is 0. The van der Waals surface area contributed by atoms with Crippen LogP contribution in [0.2, 0.25) is 0 Å². The maximum absolute atomic E-state index is 2.58. The first-order valence-electron chi connectivity index (χ1n) is 12.3. The summed E-state index contributed by atoms with van der Waals surface area (Å²) in [7, 11) is 0. The van der Waals surface area contributed by atoms with Gasteiger partial charge < -0.3 is 4.57 Å². The quantitative estimate of drug-likeness (QED) is 0.231. The lowest BCUT2D eigenvalue weighted by atomic mass is 9.97. The van der Waals surface area contributed by atoms with Crippen LogP contribution >= 0.6 is 0 Å². The molecule has 2 aliphatic carbocycles. The molecule has 5 aromatic carbocycles. The molecule has 0 unspecified atom stereocenters. The molecule has 3 aliphatic rings. The van der Waals surface area contributed by atoms with Gasteiger partial charge in [-0.25, -0.2) is 0 Å². The number of aromatic nitrogens is 1. The summed E-state index contributed by atoms with van der Waals surface area (Å²) in [5.41, 5.74) is 18.6. The first-order valence-corrected chi connectivity index (χ1v) is 12.3. The fraction of sp³-hybridized carbons (Fsp3) is 0.0909. The van der Waals surface area contributed by atoms with Crippen LogP contribution in [0.15, 0.2) is 91.0 Å². The lowest BCUT2D eigenvalue weighted by Crippen LogP contribution is -2.07. The van der Waals surface area contributed by atoms with Crippen molar-refractivity contribution in [2.45, 2.75) is 19.3 Å². The summed E-state index contributed by atoms with van der Waals surface area (Å²) < 4.78 is 2.58. The van der Waals surface area contributed by atoms with Crippen molar-refractivity contribution in [1.29, 1.82) is 0 Å². The molecule has 1 aliphatic heterocycles. The van der Waals surface area contributed by atoms with Gasteiger partial charge in [0.1, 0.15) is 0 Å². The van der Waals surface area contributed by atoms with Crippen molar-refractivity contribution in [3.63, 3.8) is 0 Å². The Morgan fingerprint density at radius 1 is 0.441 bits per heavy atom. The minimum absolute atomic E-state index is 1.01. The third kappa shape index (κ3) is 1.98. The molecule has 1 aromatic heterocycles. The number of fused-ring (bicyclic) bond motifs is 12. The van der Waals surface area contributed by atoms with Gasteiger partial charge in [-0.3, -0.25) is 0 Å². The molecule has 6 aromatic rings. The molecule has 0 fully saturated rings. The van der Waals surface area contributed by atoms with E-state index in [4.69, 9.17) is 0 Å². The number of benzene rings is 5. The second-order valence-corrected chi connectivity index (χ2v) is 10.1. The maximum Gasteiger partial charge on any atom is 0.0622 e. The van der Waals surface area contributed by atoms with Crippen molar-refractivity contribution in [2.24, 2.45) is 0 Å². The fourth-order valence-electron chi connectivity index (χ4n) is 7.00. The lowest BCUT2D eigenvalue weighted by Gasteiger charge is -2.21. The Labute approximate surface area is 197 Å². The topological polar surface area (TPSA) is 4.93 Å². The highest BCUT2D eigenvalue weighted by Gasteiger charge is 2.30. The standard InChI is InChI=1S/C33H21N/c1-3-9-25-19(6-1)14-23-18-29-24(17-28(23)25)16-21-12-13-27-26-10-5-8-22-15-20-7-2-4-11-30(20)34(32(22)26)33(27)31(21)29/h1-13,17-18H,14-16H2. The van der Waals surface area contributed by atoms with Crippen LogP contribution in [-0.2, 0) is 19.3 Å². The Balaban J connectivity index is 1.41. The summed E-state index contributed by atoms with van der Waals surface area (Å²) in [6.45, 7) is 0. The predicted octanol–water partition coefficient (Wildman–Crippen LogP) is 7.83. The minimum atomic E-state index is 1.01. The molecule has 0 spiro atoms. The molecular formula is C33H21N. The highest BCUT2D eigenvalue weighted by atomic mass is 15.0. The van der Waals surface area contributed by atoms with Gasteiger partial charge in [0.15, 0.2) is 0 Å². The second kappa shape index (κ2) is 5.87. The monoisotopic (exact) mass is 431 g/mol.